The molecule has 1 heterocycles. The molecule has 0 N–H and O–H groups in total. The van der Waals surface area contributed by atoms with Crippen molar-refractivity contribution in [2.24, 2.45) is 0 Å². The van der Waals surface area contributed by atoms with Crippen LogP contribution in [0.4, 0.5) is 0 Å². The Morgan fingerprint density at radius 1 is 0.696 bits per heavy atom. The van der Waals surface area contributed by atoms with E-state index in [4.69, 9.17) is 11.6 Å². The van der Waals surface area contributed by atoms with Crippen molar-refractivity contribution >= 4 is 43.9 Å². The van der Waals surface area contributed by atoms with Crippen molar-refractivity contribution < 1.29 is 0 Å². The van der Waals surface area contributed by atoms with Crippen molar-refractivity contribution in [2.75, 3.05) is 0 Å². The van der Waals surface area contributed by atoms with Gasteiger partial charge in [0.2, 0.25) is 0 Å². The van der Waals surface area contributed by atoms with Crippen molar-refractivity contribution in [3.05, 3.63) is 78.1 Å². The summed E-state index contributed by atoms with van der Waals surface area (Å²) >= 11 is 6.09. The van der Waals surface area contributed by atoms with Gasteiger partial charge in [0.15, 0.2) is 0 Å². The zero-order valence-electron chi connectivity index (χ0n) is 12.3. The van der Waals surface area contributed by atoms with E-state index in [0.717, 1.165) is 5.56 Å². The second-order valence-electron chi connectivity index (χ2n) is 5.84. The van der Waals surface area contributed by atoms with Crippen LogP contribution in [0.5, 0.6) is 0 Å². The first-order valence-electron chi connectivity index (χ1n) is 7.60. The first-order valence-corrected chi connectivity index (χ1v) is 7.97. The largest absolute Gasteiger partial charge is 0.245 e. The summed E-state index contributed by atoms with van der Waals surface area (Å²) < 4.78 is 0. The van der Waals surface area contributed by atoms with Gasteiger partial charge in [-0.25, -0.2) is 4.98 Å². The maximum atomic E-state index is 6.09. The van der Waals surface area contributed by atoms with Crippen LogP contribution in [0.25, 0.3) is 43.4 Å². The summed E-state index contributed by atoms with van der Waals surface area (Å²) in [5.74, 6) is 0. The number of aromatic nitrogens is 1. The molecular formula is C21H12ClN. The number of hydrogen-bond donors (Lipinski definition) is 0. The molecule has 2 heteroatoms. The molecular weight excluding hydrogens is 302 g/mol. The molecule has 0 amide bonds. The highest BCUT2D eigenvalue weighted by molar-refractivity contribution is 6.30. The van der Waals surface area contributed by atoms with Gasteiger partial charge in [0.1, 0.15) is 5.15 Å². The lowest BCUT2D eigenvalue weighted by Crippen LogP contribution is -1.87. The summed E-state index contributed by atoms with van der Waals surface area (Å²) in [4.78, 5) is 4.09. The average molecular weight is 314 g/mol. The molecule has 1 aromatic heterocycles. The van der Waals surface area contributed by atoms with E-state index in [0.29, 0.717) is 5.15 Å². The van der Waals surface area contributed by atoms with Gasteiger partial charge in [0.05, 0.1) is 0 Å². The highest BCUT2D eigenvalue weighted by Gasteiger charge is 2.11. The summed E-state index contributed by atoms with van der Waals surface area (Å²) in [6, 6.07) is 23.6. The first-order chi connectivity index (χ1) is 11.3. The van der Waals surface area contributed by atoms with Crippen LogP contribution in [-0.4, -0.2) is 4.98 Å². The van der Waals surface area contributed by atoms with Crippen LogP contribution in [0.15, 0.2) is 72.9 Å². The molecule has 0 saturated carbocycles. The third-order valence-corrected chi connectivity index (χ3v) is 4.77. The van der Waals surface area contributed by atoms with Crippen LogP contribution >= 0.6 is 11.6 Å². The molecule has 0 aliphatic heterocycles. The second kappa shape index (κ2) is 4.68. The Morgan fingerprint density at radius 2 is 1.39 bits per heavy atom. The topological polar surface area (TPSA) is 12.9 Å². The van der Waals surface area contributed by atoms with E-state index >= 15 is 0 Å². The Balaban J connectivity index is 1.99. The fraction of sp³-hybridized carbons (Fsp3) is 0. The van der Waals surface area contributed by atoms with Crippen LogP contribution in [0.2, 0.25) is 5.15 Å². The molecule has 1 nitrogen and oxygen atoms in total. The van der Waals surface area contributed by atoms with E-state index in [2.05, 4.69) is 59.6 Å². The van der Waals surface area contributed by atoms with E-state index in [1.54, 1.807) is 6.20 Å². The number of nitrogens with zero attached hydrogens (tertiary/aromatic N) is 1. The summed E-state index contributed by atoms with van der Waals surface area (Å²) in [5, 5.41) is 8.28. The normalized spacial score (nSPS) is 11.7. The van der Waals surface area contributed by atoms with Gasteiger partial charge in [0, 0.05) is 6.20 Å². The smallest absolute Gasteiger partial charge is 0.129 e. The average Bonchev–Trinajstić information content (AvgIpc) is 2.59. The lowest BCUT2D eigenvalue weighted by Gasteiger charge is -2.14. The van der Waals surface area contributed by atoms with Crippen molar-refractivity contribution in [3.63, 3.8) is 0 Å². The van der Waals surface area contributed by atoms with Gasteiger partial charge in [-0.05, 0) is 55.6 Å². The Bertz CT molecular complexity index is 1160. The van der Waals surface area contributed by atoms with Crippen LogP contribution in [0.1, 0.15) is 0 Å². The van der Waals surface area contributed by atoms with Crippen molar-refractivity contribution in [1.29, 1.82) is 0 Å². The molecule has 0 radical (unpaired) electrons. The fourth-order valence-corrected chi connectivity index (χ4v) is 3.73. The standard InChI is InChI=1S/C21H12ClN/c22-19-12-16(10-11-23-19)17-8-6-15-5-4-13-2-1-3-14-7-9-18(17)21(15)20(13)14/h1-12H. The Kier molecular flexibility index (Phi) is 2.61. The van der Waals surface area contributed by atoms with E-state index < -0.39 is 0 Å². The molecule has 108 valence electrons. The minimum atomic E-state index is 0.521. The molecule has 5 aromatic rings. The number of rotatable bonds is 1. The maximum Gasteiger partial charge on any atom is 0.129 e. The van der Waals surface area contributed by atoms with Crippen LogP contribution in [-0.2, 0) is 0 Å². The van der Waals surface area contributed by atoms with Crippen LogP contribution < -0.4 is 0 Å². The van der Waals surface area contributed by atoms with Crippen molar-refractivity contribution in [2.45, 2.75) is 0 Å². The minimum Gasteiger partial charge on any atom is -0.245 e. The molecule has 0 fully saturated rings. The lowest BCUT2D eigenvalue weighted by molar-refractivity contribution is 1.33. The van der Waals surface area contributed by atoms with E-state index in [9.17, 15) is 0 Å². The zero-order chi connectivity index (χ0) is 15.4. The number of halogens is 1. The highest BCUT2D eigenvalue weighted by Crippen LogP contribution is 2.39. The Hall–Kier alpha value is -2.64. The minimum absolute atomic E-state index is 0.521. The summed E-state index contributed by atoms with van der Waals surface area (Å²) in [6.45, 7) is 0. The number of pyridine rings is 1. The molecule has 5 rings (SSSR count). The summed E-state index contributed by atoms with van der Waals surface area (Å²) in [7, 11) is 0. The van der Waals surface area contributed by atoms with Gasteiger partial charge in [-0.2, -0.15) is 0 Å². The highest BCUT2D eigenvalue weighted by atomic mass is 35.5. The lowest BCUT2D eigenvalue weighted by atomic mass is 9.90. The monoisotopic (exact) mass is 313 g/mol. The van der Waals surface area contributed by atoms with Gasteiger partial charge < -0.3 is 0 Å². The maximum absolute atomic E-state index is 6.09. The first kappa shape index (κ1) is 12.9. The van der Waals surface area contributed by atoms with E-state index in [1.165, 1.54) is 37.9 Å². The SMILES string of the molecule is Clc1cc(-c2ccc3ccc4cccc5ccc2c3c45)ccn1. The quantitative estimate of drug-likeness (QED) is 0.261. The molecule has 23 heavy (non-hydrogen) atoms. The summed E-state index contributed by atoms with van der Waals surface area (Å²) in [5.41, 5.74) is 2.29. The molecule has 0 saturated heterocycles. The van der Waals surface area contributed by atoms with Gasteiger partial charge in [-0.1, -0.05) is 66.2 Å². The number of benzene rings is 4. The van der Waals surface area contributed by atoms with Gasteiger partial charge in [0.25, 0.3) is 0 Å². The molecule has 0 aliphatic carbocycles. The molecule has 4 aromatic carbocycles. The predicted octanol–water partition coefficient (Wildman–Crippen LogP) is 6.30. The van der Waals surface area contributed by atoms with Gasteiger partial charge in [-0.3, -0.25) is 0 Å². The van der Waals surface area contributed by atoms with Gasteiger partial charge >= 0.3 is 0 Å². The zero-order valence-corrected chi connectivity index (χ0v) is 13.0. The molecule has 0 aliphatic rings. The van der Waals surface area contributed by atoms with Crippen molar-refractivity contribution in [1.82, 2.24) is 4.98 Å². The third kappa shape index (κ3) is 1.84. The molecule has 0 spiro atoms. The fourth-order valence-electron chi connectivity index (χ4n) is 3.56. The molecule has 0 bridgehead atoms. The van der Waals surface area contributed by atoms with Crippen LogP contribution in [0.3, 0.4) is 0 Å². The molecule has 0 atom stereocenters. The van der Waals surface area contributed by atoms with Crippen molar-refractivity contribution in [3.8, 4) is 11.1 Å². The Morgan fingerprint density at radius 3 is 2.17 bits per heavy atom. The van der Waals surface area contributed by atoms with Gasteiger partial charge in [-0.15, -0.1) is 0 Å². The third-order valence-electron chi connectivity index (χ3n) is 4.57. The Labute approximate surface area is 138 Å². The molecule has 0 unspecified atom stereocenters. The van der Waals surface area contributed by atoms with Crippen LogP contribution in [0, 0.1) is 0 Å². The predicted molar refractivity (Wildman–Crippen MR) is 98.4 cm³/mol. The van der Waals surface area contributed by atoms with E-state index in [1.807, 2.05) is 12.1 Å². The van der Waals surface area contributed by atoms with E-state index in [-0.39, 0.29) is 0 Å². The number of hydrogen-bond acceptors (Lipinski definition) is 1. The second-order valence-corrected chi connectivity index (χ2v) is 6.22. The summed E-state index contributed by atoms with van der Waals surface area (Å²) in [6.07, 6.45) is 1.76.